The molecule has 0 aliphatic carbocycles. The number of hydrogen-bond donors (Lipinski definition) is 2. The second-order valence-electron chi connectivity index (χ2n) is 2.88. The van der Waals surface area contributed by atoms with Crippen LogP contribution in [0.2, 0.25) is 0 Å². The lowest BCUT2D eigenvalue weighted by Gasteiger charge is -2.04. The van der Waals surface area contributed by atoms with Gasteiger partial charge in [-0.2, -0.15) is 0 Å². The first kappa shape index (κ1) is 15.7. The molecular formula is C9H12Cl3NO2Si. The summed E-state index contributed by atoms with van der Waals surface area (Å²) in [7, 11) is 0. The summed E-state index contributed by atoms with van der Waals surface area (Å²) in [5, 5.41) is 8.52. The lowest BCUT2D eigenvalue weighted by Crippen LogP contribution is -2.32. The van der Waals surface area contributed by atoms with Crippen molar-refractivity contribution >= 4 is 45.9 Å². The van der Waals surface area contributed by atoms with E-state index in [0.29, 0.717) is 6.42 Å². The number of carbonyl (C=O) groups is 1. The molecule has 1 aromatic carbocycles. The monoisotopic (exact) mass is 299 g/mol. The van der Waals surface area contributed by atoms with Gasteiger partial charge < -0.3 is 10.8 Å². The number of nitrogens with two attached hydrogens (primary N) is 1. The van der Waals surface area contributed by atoms with Crippen LogP contribution in [-0.4, -0.2) is 23.8 Å². The molecule has 1 aromatic rings. The quantitative estimate of drug-likeness (QED) is 0.663. The van der Waals surface area contributed by atoms with E-state index < -0.39 is 18.7 Å². The first-order chi connectivity index (χ1) is 7.43. The third kappa shape index (κ3) is 9.00. The van der Waals surface area contributed by atoms with Crippen LogP contribution in [0, 0.1) is 0 Å². The Morgan fingerprint density at radius 3 is 2.12 bits per heavy atom. The van der Waals surface area contributed by atoms with Gasteiger partial charge in [-0.25, -0.2) is 0 Å². The molecule has 7 heteroatoms. The molecule has 0 spiro atoms. The predicted molar refractivity (Wildman–Crippen MR) is 70.5 cm³/mol. The Morgan fingerprint density at radius 2 is 1.75 bits per heavy atom. The average molecular weight is 301 g/mol. The molecule has 0 heterocycles. The van der Waals surface area contributed by atoms with Crippen LogP contribution in [0.5, 0.6) is 0 Å². The minimum atomic E-state index is -1.72. The third-order valence-electron chi connectivity index (χ3n) is 1.62. The Balaban J connectivity index is 0.000000487. The standard InChI is InChI=1S/C9H11NO2.Cl3HSi/c10-8(9(11)12)6-7-4-2-1-3-5-7;1-4(2)3/h1-5,8H,6,10H2,(H,11,12);4H/t8-;/m0./s1. The van der Waals surface area contributed by atoms with Gasteiger partial charge in [0.25, 0.3) is 0 Å². The number of rotatable bonds is 3. The number of carboxylic acid groups (broad SMARTS) is 1. The maximum absolute atomic E-state index is 10.4. The molecule has 0 aromatic heterocycles. The molecule has 16 heavy (non-hydrogen) atoms. The summed E-state index contributed by atoms with van der Waals surface area (Å²) in [5.41, 5.74) is 6.30. The highest BCUT2D eigenvalue weighted by molar-refractivity contribution is 7.54. The third-order valence-corrected chi connectivity index (χ3v) is 1.62. The maximum atomic E-state index is 10.4. The van der Waals surface area contributed by atoms with Gasteiger partial charge in [-0.05, 0) is 12.0 Å². The molecule has 0 saturated carbocycles. The molecule has 0 unspecified atom stereocenters. The van der Waals surface area contributed by atoms with Gasteiger partial charge in [-0.15, -0.1) is 33.2 Å². The van der Waals surface area contributed by atoms with Crippen molar-refractivity contribution in [2.75, 3.05) is 0 Å². The smallest absolute Gasteiger partial charge is 0.326 e. The molecule has 3 N–H and O–H groups in total. The van der Waals surface area contributed by atoms with Gasteiger partial charge in [-0.3, -0.25) is 4.79 Å². The molecule has 0 radical (unpaired) electrons. The summed E-state index contributed by atoms with van der Waals surface area (Å²) < 4.78 is 0. The minimum absolute atomic E-state index is 0.385. The fourth-order valence-corrected chi connectivity index (χ4v) is 0.955. The van der Waals surface area contributed by atoms with Gasteiger partial charge in [0, 0.05) is 0 Å². The van der Waals surface area contributed by atoms with E-state index in [1.807, 2.05) is 30.3 Å². The Labute approximate surface area is 110 Å². The highest BCUT2D eigenvalue weighted by Crippen LogP contribution is 2.01. The van der Waals surface area contributed by atoms with Crippen LogP contribution in [0.3, 0.4) is 0 Å². The Bertz CT molecular complexity index is 308. The Hall–Kier alpha value is -0.263. The van der Waals surface area contributed by atoms with Crippen LogP contribution in [0.15, 0.2) is 30.3 Å². The fraction of sp³-hybridized carbons (Fsp3) is 0.222. The van der Waals surface area contributed by atoms with E-state index in [1.54, 1.807) is 0 Å². The zero-order valence-corrected chi connectivity index (χ0v) is 11.7. The molecule has 0 amide bonds. The molecule has 0 aliphatic rings. The second-order valence-corrected chi connectivity index (χ2v) is 9.32. The van der Waals surface area contributed by atoms with Crippen molar-refractivity contribution in [2.45, 2.75) is 12.5 Å². The van der Waals surface area contributed by atoms with Gasteiger partial charge in [0.15, 0.2) is 0 Å². The summed E-state index contributed by atoms with van der Waals surface area (Å²) in [4.78, 5) is 10.4. The number of hydrogen-bond acceptors (Lipinski definition) is 2. The van der Waals surface area contributed by atoms with Crippen molar-refractivity contribution in [3.63, 3.8) is 0 Å². The topological polar surface area (TPSA) is 63.3 Å². The summed E-state index contributed by atoms with van der Waals surface area (Å²) >= 11 is 14.8. The second kappa shape index (κ2) is 8.84. The molecule has 3 nitrogen and oxygen atoms in total. The number of halogens is 3. The van der Waals surface area contributed by atoms with Gasteiger partial charge in [-0.1, -0.05) is 30.3 Å². The summed E-state index contributed by atoms with van der Waals surface area (Å²) in [6, 6.07) is 8.54. The normalized spacial score (nSPS) is 11.6. The van der Waals surface area contributed by atoms with E-state index in [1.165, 1.54) is 0 Å². The Morgan fingerprint density at radius 1 is 1.31 bits per heavy atom. The number of carboxylic acids is 1. The molecular weight excluding hydrogens is 289 g/mol. The molecule has 0 bridgehead atoms. The molecule has 1 atom stereocenters. The van der Waals surface area contributed by atoms with Crippen molar-refractivity contribution < 1.29 is 9.90 Å². The van der Waals surface area contributed by atoms with Crippen LogP contribution in [0.4, 0.5) is 0 Å². The summed E-state index contributed by atoms with van der Waals surface area (Å²) in [6.07, 6.45) is 0.385. The highest BCUT2D eigenvalue weighted by Gasteiger charge is 2.10. The molecule has 90 valence electrons. The van der Waals surface area contributed by atoms with Crippen LogP contribution < -0.4 is 5.73 Å². The highest BCUT2D eigenvalue weighted by atomic mass is 35.8. The first-order valence-electron chi connectivity index (χ1n) is 4.38. The Kier molecular flexibility index (Phi) is 8.69. The fourth-order valence-electron chi connectivity index (χ4n) is 0.955. The predicted octanol–water partition coefficient (Wildman–Crippen LogP) is 2.06. The zero-order valence-electron chi connectivity index (χ0n) is 8.32. The van der Waals surface area contributed by atoms with Crippen LogP contribution in [0.25, 0.3) is 0 Å². The lowest BCUT2D eigenvalue weighted by atomic mass is 10.1. The van der Waals surface area contributed by atoms with Crippen molar-refractivity contribution in [1.29, 1.82) is 0 Å². The van der Waals surface area contributed by atoms with E-state index in [-0.39, 0.29) is 0 Å². The maximum Gasteiger partial charge on any atom is 0.326 e. The van der Waals surface area contributed by atoms with E-state index in [9.17, 15) is 4.79 Å². The van der Waals surface area contributed by atoms with Crippen molar-refractivity contribution in [2.24, 2.45) is 5.73 Å². The van der Waals surface area contributed by atoms with Crippen LogP contribution in [0.1, 0.15) is 5.56 Å². The molecule has 0 fully saturated rings. The van der Waals surface area contributed by atoms with Crippen molar-refractivity contribution in [1.82, 2.24) is 0 Å². The first-order valence-corrected chi connectivity index (χ1v) is 9.61. The van der Waals surface area contributed by atoms with Gasteiger partial charge in [0.2, 0.25) is 0 Å². The molecule has 0 saturated heterocycles. The summed E-state index contributed by atoms with van der Waals surface area (Å²) in [6.45, 7) is -1.72. The van der Waals surface area contributed by atoms with Gasteiger partial charge in [0.1, 0.15) is 6.04 Å². The van der Waals surface area contributed by atoms with E-state index >= 15 is 0 Å². The van der Waals surface area contributed by atoms with Crippen LogP contribution >= 0.6 is 33.2 Å². The van der Waals surface area contributed by atoms with Gasteiger partial charge in [0.05, 0.1) is 0 Å². The van der Waals surface area contributed by atoms with Crippen LogP contribution in [-0.2, 0) is 11.2 Å². The van der Waals surface area contributed by atoms with Crippen molar-refractivity contribution in [3.8, 4) is 0 Å². The van der Waals surface area contributed by atoms with E-state index in [4.69, 9.17) is 44.1 Å². The van der Waals surface area contributed by atoms with E-state index in [0.717, 1.165) is 5.56 Å². The number of aliphatic carboxylic acids is 1. The average Bonchev–Trinajstić information content (AvgIpc) is 2.18. The zero-order chi connectivity index (χ0) is 12.6. The largest absolute Gasteiger partial charge is 0.480 e. The number of benzene rings is 1. The van der Waals surface area contributed by atoms with Crippen molar-refractivity contribution in [3.05, 3.63) is 35.9 Å². The summed E-state index contributed by atoms with van der Waals surface area (Å²) in [5.74, 6) is -0.959. The SMILES string of the molecule is Cl[SiH](Cl)Cl.N[C@@H](Cc1ccccc1)C(=O)O. The molecule has 0 aliphatic heterocycles. The minimum Gasteiger partial charge on any atom is -0.480 e. The van der Waals surface area contributed by atoms with Gasteiger partial charge >= 0.3 is 12.7 Å². The molecule has 1 rings (SSSR count). The van der Waals surface area contributed by atoms with E-state index in [2.05, 4.69) is 0 Å². The lowest BCUT2D eigenvalue weighted by molar-refractivity contribution is -0.138.